The van der Waals surface area contributed by atoms with Crippen molar-refractivity contribution < 1.29 is 0 Å². The molecule has 2 heteroatoms. The van der Waals surface area contributed by atoms with Crippen molar-refractivity contribution in [3.8, 4) is 0 Å². The molecule has 11 heavy (non-hydrogen) atoms. The van der Waals surface area contributed by atoms with E-state index in [0.717, 1.165) is 14.5 Å². The van der Waals surface area contributed by atoms with E-state index in [4.69, 9.17) is 0 Å². The third-order valence-electron chi connectivity index (χ3n) is 1.53. The minimum Gasteiger partial charge on any atom is -0.0984 e. The monoisotopic (exact) mass is 274 g/mol. The van der Waals surface area contributed by atoms with Gasteiger partial charge in [-0.05, 0) is 49.9 Å². The van der Waals surface area contributed by atoms with Crippen LogP contribution in [-0.2, 0) is 0 Å². The standard InChI is InChI=1S/C9H8Br2/c1-3-7-5-4-6(2)8(10)9(7)11/h3-5H,1H2,2H3. The van der Waals surface area contributed by atoms with Gasteiger partial charge in [-0.3, -0.25) is 0 Å². The van der Waals surface area contributed by atoms with E-state index in [1.54, 1.807) is 0 Å². The Labute approximate surface area is 83.6 Å². The van der Waals surface area contributed by atoms with E-state index in [1.807, 2.05) is 12.1 Å². The number of hydrogen-bond acceptors (Lipinski definition) is 0. The van der Waals surface area contributed by atoms with Gasteiger partial charge in [0.25, 0.3) is 0 Å². The quantitative estimate of drug-likeness (QED) is 0.722. The second kappa shape index (κ2) is 3.55. The van der Waals surface area contributed by atoms with E-state index < -0.39 is 0 Å². The molecule has 58 valence electrons. The predicted molar refractivity (Wildman–Crippen MR) is 56.7 cm³/mol. The van der Waals surface area contributed by atoms with Crippen LogP contribution in [0, 0.1) is 6.92 Å². The molecule has 0 aliphatic carbocycles. The number of aryl methyl sites for hydroxylation is 1. The molecular formula is C9H8Br2. The Morgan fingerprint density at radius 3 is 2.45 bits per heavy atom. The largest absolute Gasteiger partial charge is 0.0984 e. The van der Waals surface area contributed by atoms with Gasteiger partial charge in [0.15, 0.2) is 0 Å². The van der Waals surface area contributed by atoms with Gasteiger partial charge in [-0.2, -0.15) is 0 Å². The molecule has 0 fully saturated rings. The number of hydrogen-bond donors (Lipinski definition) is 0. The Morgan fingerprint density at radius 1 is 1.27 bits per heavy atom. The van der Waals surface area contributed by atoms with Crippen LogP contribution in [0.3, 0.4) is 0 Å². The zero-order chi connectivity index (χ0) is 8.43. The lowest BCUT2D eigenvalue weighted by molar-refractivity contribution is 1.39. The number of rotatable bonds is 1. The summed E-state index contributed by atoms with van der Waals surface area (Å²) in [5, 5.41) is 0. The molecule has 0 nitrogen and oxygen atoms in total. The van der Waals surface area contributed by atoms with E-state index in [9.17, 15) is 0 Å². The molecule has 0 amide bonds. The van der Waals surface area contributed by atoms with Crippen molar-refractivity contribution in [2.45, 2.75) is 6.92 Å². The molecule has 1 rings (SSSR count). The van der Waals surface area contributed by atoms with Gasteiger partial charge in [0.2, 0.25) is 0 Å². The van der Waals surface area contributed by atoms with Gasteiger partial charge in [-0.1, -0.05) is 24.8 Å². The van der Waals surface area contributed by atoms with Crippen molar-refractivity contribution >= 4 is 37.9 Å². The van der Waals surface area contributed by atoms with Crippen molar-refractivity contribution in [1.29, 1.82) is 0 Å². The summed E-state index contributed by atoms with van der Waals surface area (Å²) in [6, 6.07) is 4.10. The highest BCUT2D eigenvalue weighted by Gasteiger charge is 2.02. The Bertz CT molecular complexity index is 290. The summed E-state index contributed by atoms with van der Waals surface area (Å²) >= 11 is 6.95. The highest BCUT2D eigenvalue weighted by Crippen LogP contribution is 2.30. The van der Waals surface area contributed by atoms with Crippen molar-refractivity contribution in [2.75, 3.05) is 0 Å². The fourth-order valence-electron chi connectivity index (χ4n) is 0.819. The first-order valence-electron chi connectivity index (χ1n) is 3.24. The topological polar surface area (TPSA) is 0 Å². The molecule has 0 aromatic heterocycles. The second-order valence-electron chi connectivity index (χ2n) is 2.30. The van der Waals surface area contributed by atoms with Crippen LogP contribution in [0.25, 0.3) is 6.08 Å². The Kier molecular flexibility index (Phi) is 2.90. The van der Waals surface area contributed by atoms with Gasteiger partial charge < -0.3 is 0 Å². The molecule has 0 bridgehead atoms. The van der Waals surface area contributed by atoms with Crippen LogP contribution in [0.1, 0.15) is 11.1 Å². The van der Waals surface area contributed by atoms with E-state index >= 15 is 0 Å². The lowest BCUT2D eigenvalue weighted by Gasteiger charge is -2.03. The van der Waals surface area contributed by atoms with Gasteiger partial charge in [0.1, 0.15) is 0 Å². The maximum Gasteiger partial charge on any atom is 0.0392 e. The van der Waals surface area contributed by atoms with Crippen molar-refractivity contribution in [2.24, 2.45) is 0 Å². The molecule has 1 aromatic rings. The minimum absolute atomic E-state index is 1.08. The third-order valence-corrected chi connectivity index (χ3v) is 3.93. The summed E-state index contributed by atoms with van der Waals surface area (Å²) in [4.78, 5) is 0. The highest BCUT2D eigenvalue weighted by molar-refractivity contribution is 9.13. The van der Waals surface area contributed by atoms with Gasteiger partial charge >= 0.3 is 0 Å². The van der Waals surface area contributed by atoms with Crippen LogP contribution in [0.4, 0.5) is 0 Å². The van der Waals surface area contributed by atoms with E-state index in [1.165, 1.54) is 5.56 Å². The number of benzene rings is 1. The molecule has 0 aliphatic rings. The van der Waals surface area contributed by atoms with Crippen molar-refractivity contribution in [3.63, 3.8) is 0 Å². The zero-order valence-electron chi connectivity index (χ0n) is 6.20. The Hall–Kier alpha value is -0.0800. The zero-order valence-corrected chi connectivity index (χ0v) is 9.37. The Balaban J connectivity index is 3.36. The molecular weight excluding hydrogens is 268 g/mol. The maximum absolute atomic E-state index is 3.71. The average Bonchev–Trinajstić information content (AvgIpc) is 2.01. The molecule has 0 saturated carbocycles. The van der Waals surface area contributed by atoms with Gasteiger partial charge in [-0.15, -0.1) is 0 Å². The normalized spacial score (nSPS) is 9.73. The smallest absolute Gasteiger partial charge is 0.0392 e. The molecule has 0 aliphatic heterocycles. The first-order valence-corrected chi connectivity index (χ1v) is 4.82. The summed E-state index contributed by atoms with van der Waals surface area (Å²) in [6.07, 6.45) is 1.83. The van der Waals surface area contributed by atoms with Crippen LogP contribution >= 0.6 is 31.9 Å². The first kappa shape index (κ1) is 9.01. The summed E-state index contributed by atoms with van der Waals surface area (Å²) in [5.74, 6) is 0. The molecule has 0 heterocycles. The predicted octanol–water partition coefficient (Wildman–Crippen LogP) is 4.16. The second-order valence-corrected chi connectivity index (χ2v) is 3.89. The number of halogens is 2. The fourth-order valence-corrected chi connectivity index (χ4v) is 1.79. The maximum atomic E-state index is 3.71. The van der Waals surface area contributed by atoms with Gasteiger partial charge in [0.05, 0.1) is 0 Å². The van der Waals surface area contributed by atoms with E-state index in [-0.39, 0.29) is 0 Å². The van der Waals surface area contributed by atoms with Crippen molar-refractivity contribution in [1.82, 2.24) is 0 Å². The van der Waals surface area contributed by atoms with Crippen LogP contribution in [-0.4, -0.2) is 0 Å². The molecule has 0 N–H and O–H groups in total. The molecule has 1 aromatic carbocycles. The highest BCUT2D eigenvalue weighted by atomic mass is 79.9. The van der Waals surface area contributed by atoms with Crippen LogP contribution in [0.15, 0.2) is 27.7 Å². The minimum atomic E-state index is 1.08. The SMILES string of the molecule is C=Cc1ccc(C)c(Br)c1Br. The van der Waals surface area contributed by atoms with Crippen LogP contribution < -0.4 is 0 Å². The Morgan fingerprint density at radius 2 is 1.91 bits per heavy atom. The van der Waals surface area contributed by atoms with Crippen LogP contribution in [0.2, 0.25) is 0 Å². The van der Waals surface area contributed by atoms with Crippen LogP contribution in [0.5, 0.6) is 0 Å². The van der Waals surface area contributed by atoms with E-state index in [0.29, 0.717) is 0 Å². The molecule has 0 saturated heterocycles. The van der Waals surface area contributed by atoms with Gasteiger partial charge in [0, 0.05) is 8.95 Å². The van der Waals surface area contributed by atoms with Crippen molar-refractivity contribution in [3.05, 3.63) is 38.8 Å². The van der Waals surface area contributed by atoms with Gasteiger partial charge in [-0.25, -0.2) is 0 Å². The summed E-state index contributed by atoms with van der Waals surface area (Å²) < 4.78 is 2.18. The first-order chi connectivity index (χ1) is 5.16. The fraction of sp³-hybridized carbons (Fsp3) is 0.111. The molecule has 0 atom stereocenters. The summed E-state index contributed by atoms with van der Waals surface area (Å²) in [5.41, 5.74) is 2.34. The van der Waals surface area contributed by atoms with E-state index in [2.05, 4.69) is 51.4 Å². The third kappa shape index (κ3) is 1.74. The summed E-state index contributed by atoms with van der Waals surface area (Å²) in [7, 11) is 0. The lowest BCUT2D eigenvalue weighted by Crippen LogP contribution is -1.81. The molecule has 0 spiro atoms. The summed E-state index contributed by atoms with van der Waals surface area (Å²) in [6.45, 7) is 5.77. The molecule has 0 unspecified atom stereocenters. The molecule has 0 radical (unpaired) electrons. The lowest BCUT2D eigenvalue weighted by atomic mass is 10.1. The average molecular weight is 276 g/mol.